The lowest BCUT2D eigenvalue weighted by Gasteiger charge is -2.48. The summed E-state index contributed by atoms with van der Waals surface area (Å²) in [6.45, 7) is 32.8. The van der Waals surface area contributed by atoms with Crippen LogP contribution >= 0.6 is 0 Å². The van der Waals surface area contributed by atoms with E-state index >= 15 is 0 Å². The molecular weight excluding hydrogens is 280 g/mol. The molecule has 2 aliphatic rings. The van der Waals surface area contributed by atoms with Gasteiger partial charge in [-0.2, -0.15) is 0 Å². The summed E-state index contributed by atoms with van der Waals surface area (Å²) in [7, 11) is 0. The van der Waals surface area contributed by atoms with Gasteiger partial charge in [0, 0.05) is 24.2 Å². The van der Waals surface area contributed by atoms with Crippen LogP contribution in [0.1, 0.15) is 83.1 Å². The Morgan fingerprint density at radius 2 is 0.783 bits per heavy atom. The lowest BCUT2D eigenvalue weighted by atomic mass is 9.62. The van der Waals surface area contributed by atoms with Crippen LogP contribution < -0.4 is 0 Å². The molecule has 0 saturated carbocycles. The molecule has 0 aromatic rings. The summed E-state index contributed by atoms with van der Waals surface area (Å²) in [5, 5.41) is 0. The Morgan fingerprint density at radius 1 is 0.522 bits per heavy atom. The summed E-state index contributed by atoms with van der Waals surface area (Å²) in [5.74, 6) is 0. The molecule has 0 spiro atoms. The molecule has 2 aliphatic heterocycles. The largest absolute Gasteiger partial charge is 0.284 e. The molecule has 0 bridgehead atoms. The van der Waals surface area contributed by atoms with Gasteiger partial charge in [0.05, 0.1) is 6.67 Å². The first-order chi connectivity index (χ1) is 9.92. The molecule has 0 aromatic heterocycles. The van der Waals surface area contributed by atoms with Gasteiger partial charge in [-0.3, -0.25) is 9.80 Å². The van der Waals surface area contributed by atoms with Crippen molar-refractivity contribution in [3.63, 3.8) is 0 Å². The van der Waals surface area contributed by atoms with Gasteiger partial charge in [-0.05, 0) is 49.4 Å². The molecule has 0 aliphatic carbocycles. The van der Waals surface area contributed by atoms with E-state index in [2.05, 4.69) is 92.9 Å². The van der Waals surface area contributed by atoms with E-state index in [1.54, 1.807) is 0 Å². The number of hydrogen-bond donors (Lipinski definition) is 0. The van der Waals surface area contributed by atoms with Gasteiger partial charge in [-0.15, -0.1) is 0 Å². The van der Waals surface area contributed by atoms with Crippen LogP contribution in [0.3, 0.4) is 0 Å². The zero-order valence-corrected chi connectivity index (χ0v) is 18.0. The third-order valence-corrected chi connectivity index (χ3v) is 9.54. The minimum absolute atomic E-state index is 0.212. The Hall–Kier alpha value is -0.0800. The molecular formula is C21H42N2. The molecule has 2 saturated heterocycles. The fraction of sp³-hybridized carbons (Fsp3) is 1.00. The van der Waals surface area contributed by atoms with Crippen LogP contribution in [-0.4, -0.2) is 40.6 Å². The summed E-state index contributed by atoms with van der Waals surface area (Å²) in [6, 6.07) is 0. The zero-order chi connectivity index (χ0) is 18.3. The maximum atomic E-state index is 2.74. The van der Waals surface area contributed by atoms with Crippen LogP contribution in [0, 0.1) is 21.7 Å². The fourth-order valence-electron chi connectivity index (χ4n) is 4.85. The Balaban J connectivity index is 2.31. The van der Waals surface area contributed by atoms with Crippen LogP contribution in [0.5, 0.6) is 0 Å². The molecule has 0 radical (unpaired) electrons. The van der Waals surface area contributed by atoms with Crippen LogP contribution in [0.2, 0.25) is 0 Å². The predicted octanol–water partition coefficient (Wildman–Crippen LogP) is 5.24. The van der Waals surface area contributed by atoms with Gasteiger partial charge < -0.3 is 0 Å². The van der Waals surface area contributed by atoms with E-state index in [9.17, 15) is 0 Å². The normalized spacial score (nSPS) is 33.9. The van der Waals surface area contributed by atoms with E-state index in [1.165, 1.54) is 13.1 Å². The molecule has 2 rings (SSSR count). The van der Waals surface area contributed by atoms with Crippen molar-refractivity contribution in [3.8, 4) is 0 Å². The van der Waals surface area contributed by atoms with Crippen LogP contribution in [-0.2, 0) is 0 Å². The maximum absolute atomic E-state index is 2.74. The third-order valence-electron chi connectivity index (χ3n) is 9.54. The molecule has 2 fully saturated rings. The fourth-order valence-corrected chi connectivity index (χ4v) is 4.85. The summed E-state index contributed by atoms with van der Waals surface area (Å²) >= 11 is 0. The second-order valence-corrected chi connectivity index (χ2v) is 11.7. The molecule has 2 heteroatoms. The van der Waals surface area contributed by atoms with E-state index in [0.717, 1.165) is 6.67 Å². The molecule has 23 heavy (non-hydrogen) atoms. The van der Waals surface area contributed by atoms with Crippen molar-refractivity contribution in [2.45, 2.75) is 94.2 Å². The second kappa shape index (κ2) is 4.75. The zero-order valence-electron chi connectivity index (χ0n) is 18.0. The van der Waals surface area contributed by atoms with Gasteiger partial charge in [-0.1, -0.05) is 55.4 Å². The summed E-state index contributed by atoms with van der Waals surface area (Å²) in [5.41, 5.74) is 1.70. The minimum atomic E-state index is 0.212. The predicted molar refractivity (Wildman–Crippen MR) is 102 cm³/mol. The molecule has 2 nitrogen and oxygen atoms in total. The third kappa shape index (κ3) is 2.27. The van der Waals surface area contributed by atoms with E-state index < -0.39 is 0 Å². The Morgan fingerprint density at radius 3 is 0.957 bits per heavy atom. The molecule has 0 N–H and O–H groups in total. The summed E-state index contributed by atoms with van der Waals surface area (Å²) in [4.78, 5) is 5.48. The van der Waals surface area contributed by atoms with Gasteiger partial charge in [0.1, 0.15) is 0 Å². The molecule has 0 atom stereocenters. The molecule has 0 amide bonds. The van der Waals surface area contributed by atoms with Gasteiger partial charge in [-0.25, -0.2) is 0 Å². The Kier molecular flexibility index (Phi) is 3.98. The summed E-state index contributed by atoms with van der Waals surface area (Å²) in [6.07, 6.45) is 0. The smallest absolute Gasteiger partial charge is 0.0516 e. The maximum Gasteiger partial charge on any atom is 0.0516 e. The standard InChI is InChI=1S/C21H42N2/c1-16(2)13-22(20(9,10)18(16,5)6)15-23-14-17(3,4)19(7,8)21(23,11)12/h13-15H2,1-12H3. The first kappa shape index (κ1) is 19.2. The first-order valence-corrected chi connectivity index (χ1v) is 9.42. The highest BCUT2D eigenvalue weighted by Gasteiger charge is 2.61. The van der Waals surface area contributed by atoms with Gasteiger partial charge in [0.2, 0.25) is 0 Å². The number of hydrogen-bond acceptors (Lipinski definition) is 2. The first-order valence-electron chi connectivity index (χ1n) is 9.42. The number of nitrogens with zero attached hydrogens (tertiary/aromatic N) is 2. The van der Waals surface area contributed by atoms with Crippen molar-refractivity contribution in [2.75, 3.05) is 19.8 Å². The highest BCUT2D eigenvalue weighted by atomic mass is 15.4. The van der Waals surface area contributed by atoms with Gasteiger partial charge in [0.15, 0.2) is 0 Å². The van der Waals surface area contributed by atoms with Crippen molar-refractivity contribution < 1.29 is 0 Å². The lowest BCUT2D eigenvalue weighted by Crippen LogP contribution is -2.55. The van der Waals surface area contributed by atoms with Crippen LogP contribution in [0.4, 0.5) is 0 Å². The van der Waals surface area contributed by atoms with Gasteiger partial charge >= 0.3 is 0 Å². The van der Waals surface area contributed by atoms with Crippen molar-refractivity contribution in [1.29, 1.82) is 0 Å². The van der Waals surface area contributed by atoms with E-state index in [1.807, 2.05) is 0 Å². The van der Waals surface area contributed by atoms with Crippen molar-refractivity contribution in [1.82, 2.24) is 9.80 Å². The topological polar surface area (TPSA) is 6.48 Å². The van der Waals surface area contributed by atoms with Gasteiger partial charge in [0.25, 0.3) is 0 Å². The number of likely N-dealkylation sites (tertiary alicyclic amines) is 2. The van der Waals surface area contributed by atoms with Crippen LogP contribution in [0.25, 0.3) is 0 Å². The highest BCUT2D eigenvalue weighted by molar-refractivity contribution is 5.13. The van der Waals surface area contributed by atoms with Crippen molar-refractivity contribution in [3.05, 3.63) is 0 Å². The summed E-state index contributed by atoms with van der Waals surface area (Å²) < 4.78 is 0. The van der Waals surface area contributed by atoms with E-state index in [4.69, 9.17) is 0 Å². The average molecular weight is 323 g/mol. The highest BCUT2D eigenvalue weighted by Crippen LogP contribution is 2.58. The number of rotatable bonds is 2. The van der Waals surface area contributed by atoms with E-state index in [0.29, 0.717) is 21.7 Å². The van der Waals surface area contributed by atoms with E-state index in [-0.39, 0.29) is 11.1 Å². The second-order valence-electron chi connectivity index (χ2n) is 11.7. The lowest BCUT2D eigenvalue weighted by molar-refractivity contribution is -0.0103. The monoisotopic (exact) mass is 322 g/mol. The molecule has 0 unspecified atom stereocenters. The molecule has 0 aromatic carbocycles. The molecule has 2 heterocycles. The quantitative estimate of drug-likeness (QED) is 0.686. The van der Waals surface area contributed by atoms with Crippen LogP contribution in [0.15, 0.2) is 0 Å². The van der Waals surface area contributed by atoms with Crippen molar-refractivity contribution >= 4 is 0 Å². The molecule has 136 valence electrons. The minimum Gasteiger partial charge on any atom is -0.284 e. The van der Waals surface area contributed by atoms with Crippen molar-refractivity contribution in [2.24, 2.45) is 21.7 Å². The SMILES string of the molecule is CC1(C)CN(CN2CC(C)(C)C(C)(C)C2(C)C)C(C)(C)C1(C)C. The Bertz CT molecular complexity index is 436. The Labute approximate surface area is 146 Å². The average Bonchev–Trinajstić information content (AvgIpc) is 2.52.